The van der Waals surface area contributed by atoms with E-state index >= 15 is 0 Å². The van der Waals surface area contributed by atoms with Gasteiger partial charge in [-0.05, 0) is 49.9 Å². The van der Waals surface area contributed by atoms with Crippen LogP contribution in [0, 0.1) is 0 Å². The Morgan fingerprint density at radius 1 is 1.07 bits per heavy atom. The van der Waals surface area contributed by atoms with Gasteiger partial charge >= 0.3 is 0 Å². The molecule has 1 saturated heterocycles. The Labute approximate surface area is 161 Å². The Kier molecular flexibility index (Phi) is 5.67. The molecule has 2 heterocycles. The molecule has 146 valence electrons. The van der Waals surface area contributed by atoms with Crippen molar-refractivity contribution in [1.82, 2.24) is 9.78 Å². The van der Waals surface area contributed by atoms with E-state index in [9.17, 15) is 0 Å². The zero-order chi connectivity index (χ0) is 18.6. The van der Waals surface area contributed by atoms with E-state index in [2.05, 4.69) is 29.8 Å². The molecule has 0 spiro atoms. The summed E-state index contributed by atoms with van der Waals surface area (Å²) in [6.07, 6.45) is 9.10. The highest BCUT2D eigenvalue weighted by Crippen LogP contribution is 2.37. The first-order valence-electron chi connectivity index (χ1n) is 10.3. The van der Waals surface area contributed by atoms with Gasteiger partial charge in [0, 0.05) is 12.0 Å². The van der Waals surface area contributed by atoms with Crippen molar-refractivity contribution in [3.63, 3.8) is 0 Å². The summed E-state index contributed by atoms with van der Waals surface area (Å²) in [4.78, 5) is 0. The summed E-state index contributed by atoms with van der Waals surface area (Å²) in [6, 6.07) is 8.90. The molecular weight excluding hydrogens is 340 g/mol. The van der Waals surface area contributed by atoms with Gasteiger partial charge in [-0.1, -0.05) is 26.2 Å². The Morgan fingerprint density at radius 3 is 2.63 bits per heavy atom. The maximum absolute atomic E-state index is 6.10. The standard InChI is InChI=1S/C22H30N2O3/c1-3-17-15-19(24(23-17)18-8-5-4-6-9-18)16-11-12-20(25-2)21(14-16)27-22-10-7-13-26-22/h11-12,14-15,18,22H,3-10,13H2,1-2H3. The van der Waals surface area contributed by atoms with Gasteiger partial charge in [0.1, 0.15) is 0 Å². The number of benzene rings is 1. The van der Waals surface area contributed by atoms with Crippen molar-refractivity contribution in [1.29, 1.82) is 0 Å². The molecule has 1 aliphatic carbocycles. The van der Waals surface area contributed by atoms with E-state index in [0.717, 1.165) is 48.6 Å². The van der Waals surface area contributed by atoms with Crippen molar-refractivity contribution in [2.75, 3.05) is 13.7 Å². The Hall–Kier alpha value is -2.01. The van der Waals surface area contributed by atoms with E-state index in [-0.39, 0.29) is 6.29 Å². The largest absolute Gasteiger partial charge is 0.493 e. The molecule has 1 aliphatic heterocycles. The normalized spacial score (nSPS) is 20.7. The van der Waals surface area contributed by atoms with E-state index < -0.39 is 0 Å². The van der Waals surface area contributed by atoms with Gasteiger partial charge in [-0.2, -0.15) is 5.10 Å². The highest BCUT2D eigenvalue weighted by Gasteiger charge is 2.23. The number of ether oxygens (including phenoxy) is 3. The van der Waals surface area contributed by atoms with Crippen LogP contribution in [0.2, 0.25) is 0 Å². The van der Waals surface area contributed by atoms with Crippen LogP contribution in [0.1, 0.15) is 63.6 Å². The predicted octanol–water partition coefficient (Wildman–Crippen LogP) is 5.14. The number of rotatable bonds is 6. The number of aromatic nitrogens is 2. The lowest BCUT2D eigenvalue weighted by Gasteiger charge is -2.24. The van der Waals surface area contributed by atoms with Crippen molar-refractivity contribution in [3.8, 4) is 22.8 Å². The van der Waals surface area contributed by atoms with Crippen LogP contribution >= 0.6 is 0 Å². The lowest BCUT2D eigenvalue weighted by molar-refractivity contribution is -0.0402. The molecule has 0 radical (unpaired) electrons. The minimum absolute atomic E-state index is 0.177. The smallest absolute Gasteiger partial charge is 0.200 e. The molecule has 1 aromatic carbocycles. The quantitative estimate of drug-likeness (QED) is 0.706. The summed E-state index contributed by atoms with van der Waals surface area (Å²) in [6.45, 7) is 2.93. The number of nitrogens with zero attached hydrogens (tertiary/aromatic N) is 2. The molecule has 1 saturated carbocycles. The third-order valence-electron chi connectivity index (χ3n) is 5.67. The molecule has 5 nitrogen and oxygen atoms in total. The third kappa shape index (κ3) is 3.98. The molecule has 2 aliphatic rings. The SMILES string of the molecule is CCc1cc(-c2ccc(OC)c(OC3CCCO3)c2)n(C2CCCCC2)n1. The van der Waals surface area contributed by atoms with Crippen molar-refractivity contribution in [2.45, 2.75) is 70.6 Å². The van der Waals surface area contributed by atoms with E-state index in [1.807, 2.05) is 6.07 Å². The van der Waals surface area contributed by atoms with Crippen molar-refractivity contribution in [2.24, 2.45) is 0 Å². The zero-order valence-electron chi connectivity index (χ0n) is 16.4. The van der Waals surface area contributed by atoms with Crippen LogP contribution in [-0.4, -0.2) is 29.8 Å². The Morgan fingerprint density at radius 2 is 1.93 bits per heavy atom. The maximum Gasteiger partial charge on any atom is 0.200 e. The highest BCUT2D eigenvalue weighted by molar-refractivity contribution is 5.65. The minimum Gasteiger partial charge on any atom is -0.493 e. The number of aryl methyl sites for hydroxylation is 1. The summed E-state index contributed by atoms with van der Waals surface area (Å²) in [7, 11) is 1.68. The lowest BCUT2D eigenvalue weighted by Crippen LogP contribution is -2.16. The van der Waals surface area contributed by atoms with Gasteiger partial charge in [0.15, 0.2) is 17.8 Å². The van der Waals surface area contributed by atoms with Crippen molar-refractivity contribution < 1.29 is 14.2 Å². The van der Waals surface area contributed by atoms with Crippen LogP contribution in [0.4, 0.5) is 0 Å². The molecule has 27 heavy (non-hydrogen) atoms. The molecule has 1 unspecified atom stereocenters. The average molecular weight is 370 g/mol. The number of methoxy groups -OCH3 is 1. The summed E-state index contributed by atoms with van der Waals surface area (Å²) in [5, 5.41) is 4.92. The third-order valence-corrected chi connectivity index (χ3v) is 5.67. The molecule has 1 aromatic heterocycles. The van der Waals surface area contributed by atoms with E-state index in [4.69, 9.17) is 19.3 Å². The monoisotopic (exact) mass is 370 g/mol. The second-order valence-corrected chi connectivity index (χ2v) is 7.54. The van der Waals surface area contributed by atoms with Gasteiger partial charge in [0.2, 0.25) is 0 Å². The first kappa shape index (κ1) is 18.4. The summed E-state index contributed by atoms with van der Waals surface area (Å²) >= 11 is 0. The molecule has 0 amide bonds. The van der Waals surface area contributed by atoms with E-state index in [1.165, 1.54) is 37.8 Å². The molecule has 0 bridgehead atoms. The summed E-state index contributed by atoms with van der Waals surface area (Å²) in [5.74, 6) is 1.49. The average Bonchev–Trinajstić information content (AvgIpc) is 3.38. The van der Waals surface area contributed by atoms with E-state index in [1.54, 1.807) is 7.11 Å². The second-order valence-electron chi connectivity index (χ2n) is 7.54. The molecule has 2 aromatic rings. The predicted molar refractivity (Wildman–Crippen MR) is 105 cm³/mol. The van der Waals surface area contributed by atoms with Crippen LogP contribution < -0.4 is 9.47 Å². The zero-order valence-corrected chi connectivity index (χ0v) is 16.4. The topological polar surface area (TPSA) is 45.5 Å². The fourth-order valence-electron chi connectivity index (χ4n) is 4.15. The van der Waals surface area contributed by atoms with Gasteiger partial charge in [-0.25, -0.2) is 0 Å². The van der Waals surface area contributed by atoms with Crippen LogP contribution in [-0.2, 0) is 11.2 Å². The van der Waals surface area contributed by atoms with Crippen molar-refractivity contribution >= 4 is 0 Å². The van der Waals surface area contributed by atoms with Gasteiger partial charge in [0.25, 0.3) is 0 Å². The molecule has 5 heteroatoms. The Bertz CT molecular complexity index is 759. The lowest BCUT2D eigenvalue weighted by atomic mass is 9.95. The number of hydrogen-bond acceptors (Lipinski definition) is 4. The maximum atomic E-state index is 6.10. The molecular formula is C22H30N2O3. The van der Waals surface area contributed by atoms with Gasteiger partial charge < -0.3 is 14.2 Å². The number of hydrogen-bond donors (Lipinski definition) is 0. The van der Waals surface area contributed by atoms with Gasteiger partial charge in [-0.3, -0.25) is 4.68 Å². The second kappa shape index (κ2) is 8.34. The molecule has 1 atom stereocenters. The van der Waals surface area contributed by atoms with Crippen LogP contribution in [0.3, 0.4) is 0 Å². The highest BCUT2D eigenvalue weighted by atomic mass is 16.7. The van der Waals surface area contributed by atoms with Gasteiger partial charge in [0.05, 0.1) is 31.1 Å². The van der Waals surface area contributed by atoms with Crippen LogP contribution in [0.5, 0.6) is 11.5 Å². The fourth-order valence-corrected chi connectivity index (χ4v) is 4.15. The van der Waals surface area contributed by atoms with Crippen molar-refractivity contribution in [3.05, 3.63) is 30.0 Å². The van der Waals surface area contributed by atoms with E-state index in [0.29, 0.717) is 6.04 Å². The minimum atomic E-state index is -0.177. The Balaban J connectivity index is 1.68. The molecule has 4 rings (SSSR count). The van der Waals surface area contributed by atoms with Gasteiger partial charge in [-0.15, -0.1) is 0 Å². The summed E-state index contributed by atoms with van der Waals surface area (Å²) < 4.78 is 19.5. The van der Waals surface area contributed by atoms with Crippen LogP contribution in [0.25, 0.3) is 11.3 Å². The molecule has 0 N–H and O–H groups in total. The fraction of sp³-hybridized carbons (Fsp3) is 0.591. The summed E-state index contributed by atoms with van der Waals surface area (Å²) in [5.41, 5.74) is 3.45. The first-order valence-corrected chi connectivity index (χ1v) is 10.3. The molecule has 2 fully saturated rings. The first-order chi connectivity index (χ1) is 13.3. The van der Waals surface area contributed by atoms with Crippen LogP contribution in [0.15, 0.2) is 24.3 Å².